The number of pyridine rings is 1. The Hall–Kier alpha value is -3.61. The summed E-state index contributed by atoms with van der Waals surface area (Å²) in [4.78, 5) is 30.5. The molecule has 2 aromatic heterocycles. The van der Waals surface area contributed by atoms with Crippen molar-refractivity contribution in [1.82, 2.24) is 19.7 Å². The number of hydrogen-bond donors (Lipinski definition) is 4. The van der Waals surface area contributed by atoms with Gasteiger partial charge in [-0.1, -0.05) is 18.2 Å². The fourth-order valence-electron chi connectivity index (χ4n) is 6.43. The van der Waals surface area contributed by atoms with Gasteiger partial charge in [0.15, 0.2) is 11.5 Å². The number of nitrogens with zero attached hydrogens (tertiary/aromatic N) is 5. The molecule has 12 heteroatoms. The summed E-state index contributed by atoms with van der Waals surface area (Å²) in [5, 5.41) is 9.78. The molecule has 3 aromatic rings. The zero-order valence-corrected chi connectivity index (χ0v) is 25.1. The highest BCUT2D eigenvalue weighted by molar-refractivity contribution is 7.84. The van der Waals surface area contributed by atoms with Crippen LogP contribution in [0.15, 0.2) is 36.5 Å². The van der Waals surface area contributed by atoms with Crippen LogP contribution < -0.4 is 26.0 Å². The number of nitrogens with two attached hydrogens (primary N) is 2. The minimum absolute atomic E-state index is 0.0302. The Labute approximate surface area is 248 Å². The number of aliphatic hydroxyl groups excluding tert-OH is 1. The van der Waals surface area contributed by atoms with Crippen molar-refractivity contribution in [2.75, 3.05) is 40.9 Å². The number of piperidine rings is 1. The number of hydrogen-bond acceptors (Lipinski definition) is 9. The summed E-state index contributed by atoms with van der Waals surface area (Å²) in [6, 6.07) is 9.52. The molecule has 2 atom stereocenters. The van der Waals surface area contributed by atoms with Gasteiger partial charge in [-0.2, -0.15) is 0 Å². The van der Waals surface area contributed by atoms with Crippen LogP contribution in [0.1, 0.15) is 72.5 Å². The smallest absolute Gasteiger partial charge is 0.280 e. The lowest BCUT2D eigenvalue weighted by Gasteiger charge is -2.44. The molecule has 1 spiro atoms. The first-order valence-electron chi connectivity index (χ1n) is 14.3. The number of amides is 1. The van der Waals surface area contributed by atoms with Crippen molar-refractivity contribution in [3.63, 3.8) is 0 Å². The first kappa shape index (κ1) is 28.5. The predicted octanol–water partition coefficient (Wildman–Crippen LogP) is 2.67. The van der Waals surface area contributed by atoms with E-state index >= 15 is 0 Å². The zero-order valence-electron chi connectivity index (χ0n) is 24.3. The maximum atomic E-state index is 13.3. The second kappa shape index (κ2) is 10.6. The van der Waals surface area contributed by atoms with E-state index in [-0.39, 0.29) is 35.5 Å². The number of benzene rings is 1. The number of aromatic nitrogens is 3. The fraction of sp³-hybridized carbons (Fsp3) is 0.467. The lowest BCUT2D eigenvalue weighted by atomic mass is 9.73. The highest BCUT2D eigenvalue weighted by Gasteiger charge is 2.49. The van der Waals surface area contributed by atoms with Gasteiger partial charge < -0.3 is 26.4 Å². The Bertz CT molecular complexity index is 1560. The lowest BCUT2D eigenvalue weighted by molar-refractivity contribution is 0.0985. The average molecular weight is 591 g/mol. The van der Waals surface area contributed by atoms with Gasteiger partial charge in [0.05, 0.1) is 46.0 Å². The molecule has 1 unspecified atom stereocenters. The zero-order chi connectivity index (χ0) is 29.8. The van der Waals surface area contributed by atoms with Crippen LogP contribution >= 0.6 is 0 Å². The van der Waals surface area contributed by atoms with E-state index < -0.39 is 15.7 Å². The highest BCUT2D eigenvalue weighted by Crippen LogP contribution is 2.53. The Kier molecular flexibility index (Phi) is 7.19. The molecule has 6 rings (SSSR count). The van der Waals surface area contributed by atoms with Crippen LogP contribution in [-0.2, 0) is 30.4 Å². The minimum atomic E-state index is -1.25. The summed E-state index contributed by atoms with van der Waals surface area (Å²) in [7, 11) is -1.25. The summed E-state index contributed by atoms with van der Waals surface area (Å²) in [6.45, 7) is 7.80. The van der Waals surface area contributed by atoms with E-state index in [0.717, 1.165) is 54.9 Å². The lowest BCUT2D eigenvalue weighted by Crippen LogP contribution is -2.48. The number of carbonyl (C=O) groups excluding carboxylic acids is 1. The summed E-state index contributed by atoms with van der Waals surface area (Å²) in [5.41, 5.74) is 16.8. The monoisotopic (exact) mass is 590 g/mol. The van der Waals surface area contributed by atoms with E-state index in [1.807, 2.05) is 26.8 Å². The third-order valence-corrected chi connectivity index (χ3v) is 10.4. The first-order valence-corrected chi connectivity index (χ1v) is 15.5. The molecule has 42 heavy (non-hydrogen) atoms. The Morgan fingerprint density at radius 1 is 1.14 bits per heavy atom. The van der Waals surface area contributed by atoms with Crippen molar-refractivity contribution in [2.24, 2.45) is 5.41 Å². The summed E-state index contributed by atoms with van der Waals surface area (Å²) < 4.78 is 16.3. The van der Waals surface area contributed by atoms with Crippen LogP contribution in [0.2, 0.25) is 0 Å². The molecule has 6 N–H and O–H groups in total. The maximum absolute atomic E-state index is 13.3. The van der Waals surface area contributed by atoms with E-state index in [1.165, 1.54) is 5.56 Å². The number of rotatable bonds is 5. The molecule has 1 saturated heterocycles. The Balaban J connectivity index is 1.20. The number of carbonyl (C=O) groups is 1. The van der Waals surface area contributed by atoms with E-state index in [1.54, 1.807) is 23.2 Å². The third kappa shape index (κ3) is 5.01. The topological polar surface area (TPSA) is 164 Å². The summed E-state index contributed by atoms with van der Waals surface area (Å²) >= 11 is 0. The average Bonchev–Trinajstić information content (AvgIpc) is 3.50. The fourth-order valence-corrected chi connectivity index (χ4v) is 7.38. The van der Waals surface area contributed by atoms with Crippen LogP contribution in [0.3, 0.4) is 0 Å². The predicted molar refractivity (Wildman–Crippen MR) is 164 cm³/mol. The normalized spacial score (nSPS) is 20.0. The van der Waals surface area contributed by atoms with E-state index in [2.05, 4.69) is 36.7 Å². The van der Waals surface area contributed by atoms with Crippen LogP contribution in [0.5, 0.6) is 0 Å². The van der Waals surface area contributed by atoms with E-state index in [4.69, 9.17) is 11.5 Å². The molecule has 1 amide bonds. The van der Waals surface area contributed by atoms with Gasteiger partial charge in [-0.05, 0) is 74.3 Å². The van der Waals surface area contributed by atoms with E-state index in [9.17, 15) is 14.1 Å². The summed E-state index contributed by atoms with van der Waals surface area (Å²) in [6.07, 6.45) is 4.81. The molecule has 3 aliphatic rings. The van der Waals surface area contributed by atoms with Crippen molar-refractivity contribution in [3.8, 4) is 0 Å². The van der Waals surface area contributed by atoms with Crippen LogP contribution in [-0.4, -0.2) is 54.6 Å². The molecular weight excluding hydrogens is 552 g/mol. The minimum Gasteiger partial charge on any atom is -0.392 e. The first-order chi connectivity index (χ1) is 20.0. The van der Waals surface area contributed by atoms with Crippen LogP contribution in [0, 0.1) is 5.41 Å². The van der Waals surface area contributed by atoms with Gasteiger partial charge in [0.2, 0.25) is 0 Å². The molecule has 0 saturated carbocycles. The number of anilines is 4. The van der Waals surface area contributed by atoms with Crippen LogP contribution in [0.25, 0.3) is 0 Å². The Morgan fingerprint density at radius 2 is 1.90 bits per heavy atom. The largest absolute Gasteiger partial charge is 0.392 e. The van der Waals surface area contributed by atoms with E-state index in [0.29, 0.717) is 24.6 Å². The van der Waals surface area contributed by atoms with Crippen molar-refractivity contribution >= 4 is 40.0 Å². The molecule has 11 nitrogen and oxygen atoms in total. The van der Waals surface area contributed by atoms with Gasteiger partial charge in [-0.3, -0.25) is 4.79 Å². The standard InChI is InChI=1S/C30H38N8O3S/c1-29(2,3)42(41)36-26-20-14-18(17-39)4-5-19(20)15-30(26)9-12-37(13-10-30)24-16-33-25(27(32)35-24)28(40)38-11-8-21-22(38)6-7-23(31)34-21/h4-7,14,16,26,36,39H,8-13,15,17H2,1-3H3,(H2,31,34)(H2,32,35)/t26?,42-/m1/s1. The SMILES string of the molecule is CC(C)(C)[S@@](=O)NC1c2cc(CO)ccc2CC12CCN(c1cnc(C(=O)N3CCc4nc(N)ccc43)c(N)n1)CC2. The van der Waals surface area contributed by atoms with Crippen molar-refractivity contribution in [1.29, 1.82) is 0 Å². The Morgan fingerprint density at radius 3 is 2.60 bits per heavy atom. The van der Waals surface area contributed by atoms with Crippen LogP contribution in [0.4, 0.5) is 23.1 Å². The van der Waals surface area contributed by atoms with Gasteiger partial charge in [-0.25, -0.2) is 23.9 Å². The molecule has 2 aliphatic heterocycles. The maximum Gasteiger partial charge on any atom is 0.280 e. The molecule has 1 fully saturated rings. The van der Waals surface area contributed by atoms with Crippen molar-refractivity contribution in [3.05, 3.63) is 64.6 Å². The van der Waals surface area contributed by atoms with Gasteiger partial charge >= 0.3 is 0 Å². The molecule has 4 heterocycles. The molecular formula is C30H38N8O3S. The second-order valence-electron chi connectivity index (χ2n) is 12.5. The number of nitrogens with one attached hydrogen (secondary N) is 1. The van der Waals surface area contributed by atoms with Gasteiger partial charge in [-0.15, -0.1) is 0 Å². The molecule has 1 aromatic carbocycles. The van der Waals surface area contributed by atoms with Gasteiger partial charge in [0.25, 0.3) is 5.91 Å². The van der Waals surface area contributed by atoms with Crippen molar-refractivity contribution in [2.45, 2.75) is 63.9 Å². The van der Waals surface area contributed by atoms with Gasteiger partial charge in [0, 0.05) is 26.1 Å². The summed E-state index contributed by atoms with van der Waals surface area (Å²) in [5.74, 6) is 0.854. The van der Waals surface area contributed by atoms with Gasteiger partial charge in [0.1, 0.15) is 11.6 Å². The number of nitrogen functional groups attached to an aromatic ring is 2. The highest BCUT2D eigenvalue weighted by atomic mass is 32.2. The molecule has 0 radical (unpaired) electrons. The molecule has 1 aliphatic carbocycles. The second-order valence-corrected chi connectivity index (χ2v) is 14.5. The quantitative estimate of drug-likeness (QED) is 0.350. The molecule has 0 bridgehead atoms. The third-order valence-electron chi connectivity index (χ3n) is 8.79. The molecule has 222 valence electrons. The van der Waals surface area contributed by atoms with Crippen molar-refractivity contribution < 1.29 is 14.1 Å². The number of aliphatic hydroxyl groups is 1. The number of fused-ring (bicyclic) bond motifs is 2.